The Kier molecular flexibility index (Phi) is 5.93. The number of benzene rings is 2. The van der Waals surface area contributed by atoms with Crippen molar-refractivity contribution in [2.75, 3.05) is 10.8 Å². The molecule has 0 fully saturated rings. The smallest absolute Gasteiger partial charge is 0.257 e. The largest absolute Gasteiger partial charge is 0.302 e. The highest BCUT2D eigenvalue weighted by Gasteiger charge is 2.14. The molecule has 2 N–H and O–H groups in total. The van der Waals surface area contributed by atoms with Crippen molar-refractivity contribution in [3.8, 4) is 6.07 Å². The van der Waals surface area contributed by atoms with E-state index >= 15 is 0 Å². The summed E-state index contributed by atoms with van der Waals surface area (Å²) in [5.41, 5.74) is 3.65. The molecular weight excluding hydrogens is 435 g/mol. The second kappa shape index (κ2) is 8.74. The summed E-state index contributed by atoms with van der Waals surface area (Å²) in [4.78, 5) is 17.1. The number of nitrogens with zero attached hydrogens (tertiary/aromatic N) is 4. The van der Waals surface area contributed by atoms with Crippen LogP contribution in [0.5, 0.6) is 0 Å². The first-order chi connectivity index (χ1) is 13.6. The predicted molar refractivity (Wildman–Crippen MR) is 99.8 cm³/mol. The van der Waals surface area contributed by atoms with E-state index in [-0.39, 0.29) is 21.5 Å². The van der Waals surface area contributed by atoms with Crippen LogP contribution in [0.2, 0.25) is 0 Å². The highest BCUT2D eigenvalue weighted by molar-refractivity contribution is 9.10. The summed E-state index contributed by atoms with van der Waals surface area (Å²) in [7, 11) is 0. The number of hydrogen-bond donors (Lipinski definition) is 2. The van der Waals surface area contributed by atoms with E-state index in [2.05, 4.69) is 46.8 Å². The number of carbonyl (C=O) groups excluding carboxylic acids is 1. The summed E-state index contributed by atoms with van der Waals surface area (Å²) in [5.74, 6) is -0.898. The van der Waals surface area contributed by atoms with Gasteiger partial charge < -0.3 is 5.32 Å². The summed E-state index contributed by atoms with van der Waals surface area (Å²) in [6.07, 6.45) is 1.16. The van der Waals surface area contributed by atoms with Crippen molar-refractivity contribution in [3.05, 3.63) is 69.6 Å². The predicted octanol–water partition coefficient (Wildman–Crippen LogP) is 3.47. The van der Waals surface area contributed by atoms with Gasteiger partial charge in [-0.05, 0) is 62.6 Å². The van der Waals surface area contributed by atoms with Crippen LogP contribution in [0.15, 0.2) is 56.7 Å². The maximum atomic E-state index is 13.2. The van der Waals surface area contributed by atoms with Gasteiger partial charge in [-0.15, -0.1) is 0 Å². The number of rotatable bonds is 6. The number of oxime groups is 1. The molecule has 0 bridgehead atoms. The molecule has 1 aromatic heterocycles. The topological polar surface area (TPSA) is 125 Å². The minimum absolute atomic E-state index is 0.0178. The quantitative estimate of drug-likeness (QED) is 0.440. The summed E-state index contributed by atoms with van der Waals surface area (Å²) in [5, 5.41) is 22.2. The number of nitriles is 1. The van der Waals surface area contributed by atoms with Gasteiger partial charge in [-0.25, -0.2) is 9.02 Å². The van der Waals surface area contributed by atoms with E-state index in [1.165, 1.54) is 24.3 Å². The molecule has 0 atom stereocenters. The summed E-state index contributed by atoms with van der Waals surface area (Å²) in [6, 6.07) is 12.3. The molecule has 9 nitrogen and oxygen atoms in total. The molecule has 1 heterocycles. The first-order valence-electron chi connectivity index (χ1n) is 7.61. The van der Waals surface area contributed by atoms with Crippen LogP contribution < -0.4 is 10.8 Å². The van der Waals surface area contributed by atoms with Gasteiger partial charge in [-0.2, -0.15) is 10.7 Å². The molecule has 0 unspecified atom stereocenters. The molecule has 3 aromatic rings. The van der Waals surface area contributed by atoms with Crippen molar-refractivity contribution in [1.82, 2.24) is 10.3 Å². The van der Waals surface area contributed by atoms with Crippen LogP contribution in [-0.4, -0.2) is 22.4 Å². The summed E-state index contributed by atoms with van der Waals surface area (Å²) >= 11 is 3.05. The Bertz CT molecular complexity index is 1080. The van der Waals surface area contributed by atoms with Crippen LogP contribution >= 0.6 is 15.9 Å². The third-order valence-electron chi connectivity index (χ3n) is 3.31. The van der Waals surface area contributed by atoms with Gasteiger partial charge in [0, 0.05) is 5.56 Å². The average Bonchev–Trinajstić information content (AvgIpc) is 3.14. The lowest BCUT2D eigenvalue weighted by atomic mass is 10.1. The van der Waals surface area contributed by atoms with Gasteiger partial charge in [-0.3, -0.25) is 9.73 Å². The zero-order chi connectivity index (χ0) is 19.9. The molecule has 0 aliphatic heterocycles. The van der Waals surface area contributed by atoms with Crippen molar-refractivity contribution in [2.24, 2.45) is 5.16 Å². The number of aromatic nitrogens is 2. The van der Waals surface area contributed by atoms with Crippen molar-refractivity contribution < 1.29 is 18.8 Å². The fourth-order valence-electron chi connectivity index (χ4n) is 1.99. The zero-order valence-corrected chi connectivity index (χ0v) is 15.5. The summed E-state index contributed by atoms with van der Waals surface area (Å²) in [6.45, 7) is 0. The first-order valence-corrected chi connectivity index (χ1v) is 8.40. The molecule has 0 radical (unpaired) electrons. The van der Waals surface area contributed by atoms with E-state index < -0.39 is 11.7 Å². The van der Waals surface area contributed by atoms with Crippen LogP contribution in [-0.2, 0) is 4.94 Å². The second-order valence-corrected chi connectivity index (χ2v) is 6.06. The summed E-state index contributed by atoms with van der Waals surface area (Å²) < 4.78 is 18.0. The van der Waals surface area contributed by atoms with Gasteiger partial charge in [0.05, 0.1) is 21.8 Å². The Labute approximate surface area is 165 Å². The first kappa shape index (κ1) is 19.0. The van der Waals surface area contributed by atoms with Gasteiger partial charge in [-0.1, -0.05) is 11.2 Å². The van der Waals surface area contributed by atoms with Crippen molar-refractivity contribution >= 4 is 39.6 Å². The highest BCUT2D eigenvalue weighted by atomic mass is 79.9. The Hall–Kier alpha value is -3.78. The van der Waals surface area contributed by atoms with E-state index in [0.717, 1.165) is 6.21 Å². The minimum Gasteiger partial charge on any atom is -0.302 e. The van der Waals surface area contributed by atoms with Crippen LogP contribution in [0.25, 0.3) is 0 Å². The monoisotopic (exact) mass is 444 g/mol. The molecule has 0 saturated heterocycles. The lowest BCUT2D eigenvalue weighted by Crippen LogP contribution is -2.13. The normalized spacial score (nSPS) is 10.5. The van der Waals surface area contributed by atoms with E-state index in [1.807, 2.05) is 6.07 Å². The Morgan fingerprint density at radius 2 is 2.18 bits per heavy atom. The highest BCUT2D eigenvalue weighted by Crippen LogP contribution is 2.20. The van der Waals surface area contributed by atoms with E-state index in [4.69, 9.17) is 10.2 Å². The molecule has 11 heteroatoms. The average molecular weight is 445 g/mol. The molecule has 3 rings (SSSR count). The molecule has 1 amide bonds. The van der Waals surface area contributed by atoms with Gasteiger partial charge >= 0.3 is 0 Å². The second-order valence-electron chi connectivity index (χ2n) is 5.20. The lowest BCUT2D eigenvalue weighted by Gasteiger charge is -2.03. The van der Waals surface area contributed by atoms with Crippen LogP contribution in [0.3, 0.4) is 0 Å². The molecule has 28 heavy (non-hydrogen) atoms. The maximum Gasteiger partial charge on any atom is 0.257 e. The fourth-order valence-corrected chi connectivity index (χ4v) is 2.37. The molecule has 140 valence electrons. The maximum absolute atomic E-state index is 13.2. The number of carbonyl (C=O) groups is 1. The van der Waals surface area contributed by atoms with Crippen LogP contribution in [0, 0.1) is 17.1 Å². The van der Waals surface area contributed by atoms with Crippen molar-refractivity contribution in [2.45, 2.75) is 0 Å². The Morgan fingerprint density at radius 1 is 1.32 bits per heavy atom. The fraction of sp³-hybridized carbons (Fsp3) is 0. The van der Waals surface area contributed by atoms with Gasteiger partial charge in [0.1, 0.15) is 12.0 Å². The number of nitrogens with one attached hydrogen (secondary N) is 2. The Balaban J connectivity index is 1.61. The van der Waals surface area contributed by atoms with Crippen molar-refractivity contribution in [1.29, 1.82) is 5.26 Å². The Morgan fingerprint density at radius 3 is 2.96 bits per heavy atom. The van der Waals surface area contributed by atoms with Gasteiger partial charge in [0.15, 0.2) is 5.69 Å². The van der Waals surface area contributed by atoms with Gasteiger partial charge in [0.25, 0.3) is 5.91 Å². The number of hydrogen-bond acceptors (Lipinski definition) is 8. The molecule has 2 aromatic carbocycles. The standard InChI is InChI=1S/C17H10BrFN6O3/c18-13-7-12(4-5-14(13)19)23-27-21-9-15-16(25-28-24-15)22-17(26)11-3-1-2-10(6-11)8-20/h1-7,9,23H,(H,22,25,26)/b21-9+. The van der Waals surface area contributed by atoms with E-state index in [0.29, 0.717) is 11.3 Å². The molecule has 0 saturated carbocycles. The zero-order valence-electron chi connectivity index (χ0n) is 13.9. The molecule has 0 aliphatic carbocycles. The minimum atomic E-state index is -0.502. The third kappa shape index (κ3) is 4.68. The number of amides is 1. The third-order valence-corrected chi connectivity index (χ3v) is 3.92. The SMILES string of the molecule is N#Cc1cccc(C(=O)Nc2nonc2/C=N/ONc2ccc(F)c(Br)c2)c1. The van der Waals surface area contributed by atoms with Crippen LogP contribution in [0.4, 0.5) is 15.9 Å². The molecular formula is C17H10BrFN6O3. The van der Waals surface area contributed by atoms with E-state index in [1.54, 1.807) is 18.2 Å². The van der Waals surface area contributed by atoms with Gasteiger partial charge in [0.2, 0.25) is 5.82 Å². The lowest BCUT2D eigenvalue weighted by molar-refractivity contribution is 0.102. The van der Waals surface area contributed by atoms with E-state index in [9.17, 15) is 9.18 Å². The van der Waals surface area contributed by atoms with Crippen LogP contribution in [0.1, 0.15) is 21.6 Å². The number of anilines is 2. The van der Waals surface area contributed by atoms with Crippen molar-refractivity contribution in [3.63, 3.8) is 0 Å². The molecule has 0 aliphatic rings. The number of halogens is 2. The molecule has 0 spiro atoms.